The van der Waals surface area contributed by atoms with E-state index in [1.807, 2.05) is 24.3 Å². The highest BCUT2D eigenvalue weighted by Gasteiger charge is 2.29. The third-order valence-corrected chi connectivity index (χ3v) is 7.05. The van der Waals surface area contributed by atoms with Crippen LogP contribution in [0.4, 0.5) is 5.69 Å². The Morgan fingerprint density at radius 1 is 1.09 bits per heavy atom. The maximum Gasteiger partial charge on any atom is 0.262 e. The van der Waals surface area contributed by atoms with Gasteiger partial charge < -0.3 is 19.5 Å². The van der Waals surface area contributed by atoms with Gasteiger partial charge in [0.2, 0.25) is 10.0 Å². The van der Waals surface area contributed by atoms with E-state index in [0.29, 0.717) is 24.7 Å². The summed E-state index contributed by atoms with van der Waals surface area (Å²) < 4.78 is 43.5. The highest BCUT2D eigenvalue weighted by atomic mass is 32.2. The molecule has 0 aliphatic carbocycles. The zero-order chi connectivity index (χ0) is 23.4. The van der Waals surface area contributed by atoms with Crippen LogP contribution in [0.5, 0.6) is 11.5 Å². The van der Waals surface area contributed by atoms with Gasteiger partial charge in [-0.3, -0.25) is 4.79 Å². The number of carbonyl (C=O) groups excluding carboxylic acids is 1. The van der Waals surface area contributed by atoms with Crippen molar-refractivity contribution in [2.45, 2.75) is 31.1 Å². The molecule has 0 atom stereocenters. The van der Waals surface area contributed by atoms with Gasteiger partial charge in [0.25, 0.3) is 5.91 Å². The van der Waals surface area contributed by atoms with Gasteiger partial charge in [0.05, 0.1) is 20.3 Å². The van der Waals surface area contributed by atoms with E-state index in [2.05, 4.69) is 26.1 Å². The maximum absolute atomic E-state index is 13.1. The van der Waals surface area contributed by atoms with Crippen molar-refractivity contribution in [3.63, 3.8) is 0 Å². The summed E-state index contributed by atoms with van der Waals surface area (Å²) in [5, 5.41) is 2.69. The normalized spacial score (nSPS) is 15.2. The molecule has 1 aliphatic heterocycles. The summed E-state index contributed by atoms with van der Waals surface area (Å²) in [6, 6.07) is 12.1. The number of nitrogens with one attached hydrogen (secondary N) is 1. The molecule has 0 aromatic heterocycles. The second-order valence-electron chi connectivity index (χ2n) is 8.49. The molecule has 1 N–H and O–H groups in total. The molecule has 3 rings (SSSR count). The third-order valence-electron chi connectivity index (χ3n) is 5.13. The molecular formula is C23H30N2O6S. The Morgan fingerprint density at radius 2 is 1.75 bits per heavy atom. The summed E-state index contributed by atoms with van der Waals surface area (Å²) in [4.78, 5) is 12.4. The summed E-state index contributed by atoms with van der Waals surface area (Å²) in [7, 11) is -2.38. The van der Waals surface area contributed by atoms with Crippen LogP contribution in [0, 0.1) is 0 Å². The predicted molar refractivity (Wildman–Crippen MR) is 122 cm³/mol. The van der Waals surface area contributed by atoms with E-state index in [9.17, 15) is 13.2 Å². The van der Waals surface area contributed by atoms with Crippen LogP contribution in [0.15, 0.2) is 47.4 Å². The second-order valence-corrected chi connectivity index (χ2v) is 10.4. The lowest BCUT2D eigenvalue weighted by Gasteiger charge is -2.26. The Bertz CT molecular complexity index is 1040. The van der Waals surface area contributed by atoms with Gasteiger partial charge in [0, 0.05) is 18.8 Å². The van der Waals surface area contributed by atoms with Crippen LogP contribution in [0.25, 0.3) is 0 Å². The first-order chi connectivity index (χ1) is 15.1. The fourth-order valence-corrected chi connectivity index (χ4v) is 4.87. The number of anilines is 1. The van der Waals surface area contributed by atoms with Crippen LogP contribution < -0.4 is 14.8 Å². The van der Waals surface area contributed by atoms with Crippen LogP contribution in [0.3, 0.4) is 0 Å². The number of morpholine rings is 1. The molecule has 1 amide bonds. The zero-order valence-electron chi connectivity index (χ0n) is 18.9. The van der Waals surface area contributed by atoms with Crippen molar-refractivity contribution in [1.82, 2.24) is 4.31 Å². The number of rotatable bonds is 7. The van der Waals surface area contributed by atoms with Gasteiger partial charge >= 0.3 is 0 Å². The zero-order valence-corrected chi connectivity index (χ0v) is 19.7. The van der Waals surface area contributed by atoms with Gasteiger partial charge in [-0.2, -0.15) is 4.31 Å². The first kappa shape index (κ1) is 24.0. The van der Waals surface area contributed by atoms with Crippen molar-refractivity contribution in [1.29, 1.82) is 0 Å². The Kier molecular flexibility index (Phi) is 7.43. The van der Waals surface area contributed by atoms with Crippen molar-refractivity contribution in [3.05, 3.63) is 48.0 Å². The number of sulfonamides is 1. The molecule has 0 saturated carbocycles. The summed E-state index contributed by atoms with van der Waals surface area (Å²) >= 11 is 0. The molecule has 0 spiro atoms. The third kappa shape index (κ3) is 5.79. The fourth-order valence-electron chi connectivity index (χ4n) is 3.28. The van der Waals surface area contributed by atoms with Gasteiger partial charge in [0.1, 0.15) is 16.4 Å². The average molecular weight is 463 g/mol. The smallest absolute Gasteiger partial charge is 0.262 e. The molecule has 1 fully saturated rings. The quantitative estimate of drug-likeness (QED) is 0.680. The topological polar surface area (TPSA) is 94.2 Å². The largest absolute Gasteiger partial charge is 0.495 e. The predicted octanol–water partition coefficient (Wildman–Crippen LogP) is 3.03. The molecule has 0 radical (unpaired) electrons. The molecule has 1 aliphatic rings. The number of carbonyl (C=O) groups is 1. The average Bonchev–Trinajstić information content (AvgIpc) is 2.78. The lowest BCUT2D eigenvalue weighted by atomic mass is 9.87. The SMILES string of the molecule is COc1ccc(NC(=O)COc2ccc(C(C)(C)C)cc2)cc1S(=O)(=O)N1CCOCC1. The van der Waals surface area contributed by atoms with Gasteiger partial charge in [-0.25, -0.2) is 8.42 Å². The molecule has 2 aromatic carbocycles. The molecule has 2 aromatic rings. The van der Waals surface area contributed by atoms with Crippen LogP contribution in [-0.4, -0.2) is 58.7 Å². The molecule has 0 bridgehead atoms. The molecule has 8 nitrogen and oxygen atoms in total. The molecule has 1 heterocycles. The molecule has 0 unspecified atom stereocenters. The maximum atomic E-state index is 13.1. The fraction of sp³-hybridized carbons (Fsp3) is 0.435. The molecule has 32 heavy (non-hydrogen) atoms. The van der Waals surface area contributed by atoms with E-state index < -0.39 is 15.9 Å². The minimum atomic E-state index is -3.79. The van der Waals surface area contributed by atoms with Gasteiger partial charge in [-0.05, 0) is 41.3 Å². The van der Waals surface area contributed by atoms with Crippen molar-refractivity contribution >= 4 is 21.6 Å². The lowest BCUT2D eigenvalue weighted by Crippen LogP contribution is -2.40. The number of ether oxygens (including phenoxy) is 3. The lowest BCUT2D eigenvalue weighted by molar-refractivity contribution is -0.118. The minimum Gasteiger partial charge on any atom is -0.495 e. The standard InChI is InChI=1S/C23H30N2O6S/c1-23(2,3)17-5-8-19(9-6-17)31-16-22(26)24-18-7-10-20(29-4)21(15-18)32(27,28)25-11-13-30-14-12-25/h5-10,15H,11-14,16H2,1-4H3,(H,24,26). The molecule has 1 saturated heterocycles. The number of benzene rings is 2. The Hall–Kier alpha value is -2.62. The van der Waals surface area contributed by atoms with E-state index in [-0.39, 0.29) is 35.8 Å². The number of amides is 1. The van der Waals surface area contributed by atoms with Gasteiger partial charge in [0.15, 0.2) is 6.61 Å². The monoisotopic (exact) mass is 462 g/mol. The highest BCUT2D eigenvalue weighted by molar-refractivity contribution is 7.89. The van der Waals surface area contributed by atoms with E-state index >= 15 is 0 Å². The van der Waals surface area contributed by atoms with E-state index in [4.69, 9.17) is 14.2 Å². The van der Waals surface area contributed by atoms with Crippen molar-refractivity contribution in [3.8, 4) is 11.5 Å². The first-order valence-electron chi connectivity index (χ1n) is 10.4. The van der Waals surface area contributed by atoms with Gasteiger partial charge in [-0.1, -0.05) is 32.9 Å². The molecular weight excluding hydrogens is 432 g/mol. The molecule has 9 heteroatoms. The summed E-state index contributed by atoms with van der Waals surface area (Å²) in [5.74, 6) is 0.396. The van der Waals surface area contributed by atoms with Crippen molar-refractivity contribution < 1.29 is 27.4 Å². The van der Waals surface area contributed by atoms with Gasteiger partial charge in [-0.15, -0.1) is 0 Å². The van der Waals surface area contributed by atoms with Crippen molar-refractivity contribution in [2.75, 3.05) is 45.3 Å². The van der Waals surface area contributed by atoms with Crippen LogP contribution in [-0.2, 0) is 25.0 Å². The Morgan fingerprint density at radius 3 is 2.34 bits per heavy atom. The number of methoxy groups -OCH3 is 1. The van der Waals surface area contributed by atoms with E-state index in [0.717, 1.165) is 0 Å². The molecule has 174 valence electrons. The Labute approximate surface area is 189 Å². The van der Waals surface area contributed by atoms with Crippen molar-refractivity contribution in [2.24, 2.45) is 0 Å². The second kappa shape index (κ2) is 9.89. The first-order valence-corrected chi connectivity index (χ1v) is 11.8. The van der Waals surface area contributed by atoms with Crippen LogP contribution in [0.1, 0.15) is 26.3 Å². The minimum absolute atomic E-state index is 0.00149. The summed E-state index contributed by atoms with van der Waals surface area (Å²) in [5.41, 5.74) is 1.54. The van der Waals surface area contributed by atoms with Crippen LogP contribution in [0.2, 0.25) is 0 Å². The van der Waals surface area contributed by atoms with Crippen LogP contribution >= 0.6 is 0 Å². The van der Waals surface area contributed by atoms with E-state index in [1.54, 1.807) is 6.07 Å². The number of hydrogen-bond acceptors (Lipinski definition) is 6. The van der Waals surface area contributed by atoms with E-state index in [1.165, 1.54) is 29.1 Å². The summed E-state index contributed by atoms with van der Waals surface area (Å²) in [6.45, 7) is 7.38. The number of nitrogens with zero attached hydrogens (tertiary/aromatic N) is 1. The summed E-state index contributed by atoms with van der Waals surface area (Å²) in [6.07, 6.45) is 0. The Balaban J connectivity index is 1.68. The number of hydrogen-bond donors (Lipinski definition) is 1. The highest BCUT2D eigenvalue weighted by Crippen LogP contribution is 2.30.